The van der Waals surface area contributed by atoms with Crippen LogP contribution in [-0.2, 0) is 11.3 Å². The van der Waals surface area contributed by atoms with Gasteiger partial charge in [0.1, 0.15) is 5.60 Å². The van der Waals surface area contributed by atoms with Crippen molar-refractivity contribution in [1.29, 1.82) is 0 Å². The molecule has 3 rings (SSSR count). The molecular weight excluding hydrogens is 378 g/mol. The van der Waals surface area contributed by atoms with Gasteiger partial charge in [0.2, 0.25) is 0 Å². The number of guanidine groups is 1. The monoisotopic (exact) mass is 415 g/mol. The third kappa shape index (κ3) is 6.09. The zero-order valence-corrected chi connectivity index (χ0v) is 19.0. The minimum atomic E-state index is -0.516. The number of carbonyl (C=O) groups is 1. The predicted octanol–water partition coefficient (Wildman–Crippen LogP) is 3.66. The van der Waals surface area contributed by atoms with Gasteiger partial charge in [-0.25, -0.2) is 4.79 Å². The topological polar surface area (TPSA) is 70.1 Å². The van der Waals surface area contributed by atoms with Gasteiger partial charge in [0.05, 0.1) is 6.54 Å². The summed E-state index contributed by atoms with van der Waals surface area (Å²) in [6.07, 6.45) is 9.44. The number of nitrogens with zero attached hydrogens (tertiary/aromatic N) is 4. The van der Waals surface area contributed by atoms with E-state index in [0.29, 0.717) is 18.5 Å². The number of ether oxygens (including phenoxy) is 1. The molecule has 2 heterocycles. The summed E-state index contributed by atoms with van der Waals surface area (Å²) in [6, 6.07) is 3.87. The van der Waals surface area contributed by atoms with Gasteiger partial charge in [-0.2, -0.15) is 0 Å². The summed E-state index contributed by atoms with van der Waals surface area (Å²) in [4.78, 5) is 25.5. The van der Waals surface area contributed by atoms with Gasteiger partial charge in [-0.1, -0.05) is 12.5 Å². The van der Waals surface area contributed by atoms with Crippen LogP contribution in [0, 0.1) is 5.41 Å². The first kappa shape index (κ1) is 22.4. The van der Waals surface area contributed by atoms with E-state index in [1.165, 1.54) is 25.7 Å². The van der Waals surface area contributed by atoms with Crippen molar-refractivity contribution in [1.82, 2.24) is 20.1 Å². The summed E-state index contributed by atoms with van der Waals surface area (Å²) < 4.78 is 5.61. The minimum Gasteiger partial charge on any atom is -0.444 e. The fourth-order valence-electron chi connectivity index (χ4n) is 4.28. The summed E-state index contributed by atoms with van der Waals surface area (Å²) in [6.45, 7) is 9.76. The molecule has 1 aromatic heterocycles. The van der Waals surface area contributed by atoms with Crippen molar-refractivity contribution in [2.45, 2.75) is 65.0 Å². The van der Waals surface area contributed by atoms with E-state index >= 15 is 0 Å². The molecule has 0 bridgehead atoms. The normalized spacial score (nSPS) is 18.3. The van der Waals surface area contributed by atoms with E-state index in [1.807, 2.05) is 40.0 Å². The lowest BCUT2D eigenvalue weighted by Crippen LogP contribution is -2.43. The largest absolute Gasteiger partial charge is 0.444 e. The van der Waals surface area contributed by atoms with Crippen molar-refractivity contribution >= 4 is 12.1 Å². The number of nitrogens with one attached hydrogen (secondary N) is 1. The quantitative estimate of drug-likeness (QED) is 0.436. The molecule has 2 fully saturated rings. The molecule has 1 N–H and O–H groups in total. The van der Waals surface area contributed by atoms with E-state index < -0.39 is 5.60 Å². The van der Waals surface area contributed by atoms with E-state index in [4.69, 9.17) is 4.74 Å². The Kier molecular flexibility index (Phi) is 7.21. The Balaban J connectivity index is 1.49. The number of likely N-dealkylation sites (tertiary alicyclic amines) is 1. The van der Waals surface area contributed by atoms with Crippen molar-refractivity contribution in [2.75, 3.05) is 33.2 Å². The van der Waals surface area contributed by atoms with Crippen LogP contribution in [0.3, 0.4) is 0 Å². The molecule has 1 aromatic rings. The van der Waals surface area contributed by atoms with Gasteiger partial charge in [-0.3, -0.25) is 9.98 Å². The Morgan fingerprint density at radius 2 is 2.17 bits per heavy atom. The smallest absolute Gasteiger partial charge is 0.410 e. The number of aromatic nitrogens is 1. The maximum Gasteiger partial charge on any atom is 0.410 e. The van der Waals surface area contributed by atoms with Gasteiger partial charge in [-0.05, 0) is 63.5 Å². The third-order valence-corrected chi connectivity index (χ3v) is 6.00. The van der Waals surface area contributed by atoms with Crippen LogP contribution in [0.4, 0.5) is 4.79 Å². The Morgan fingerprint density at radius 3 is 2.73 bits per heavy atom. The average molecular weight is 416 g/mol. The molecule has 166 valence electrons. The highest BCUT2D eigenvalue weighted by atomic mass is 16.6. The van der Waals surface area contributed by atoms with Gasteiger partial charge in [0, 0.05) is 45.6 Å². The molecule has 7 heteroatoms. The Bertz CT molecular complexity index is 725. The first-order valence-electron chi connectivity index (χ1n) is 11.1. The number of pyridine rings is 1. The molecule has 0 unspecified atom stereocenters. The van der Waals surface area contributed by atoms with Crippen molar-refractivity contribution in [2.24, 2.45) is 10.4 Å². The SMILES string of the molecule is CN=C(NCCCN(Cc1cccnc1)C(=O)OC(C)(C)C)N1CCC2(CCC2)C1. The van der Waals surface area contributed by atoms with E-state index in [9.17, 15) is 4.79 Å². The van der Waals surface area contributed by atoms with Gasteiger partial charge in [-0.15, -0.1) is 0 Å². The van der Waals surface area contributed by atoms with Gasteiger partial charge < -0.3 is 19.9 Å². The number of amides is 1. The Hall–Kier alpha value is -2.31. The molecule has 1 saturated carbocycles. The zero-order chi connectivity index (χ0) is 21.6. The maximum absolute atomic E-state index is 12.7. The molecule has 1 saturated heterocycles. The van der Waals surface area contributed by atoms with E-state index in [-0.39, 0.29) is 6.09 Å². The molecule has 1 amide bonds. The molecular formula is C23H37N5O2. The number of hydrogen-bond donors (Lipinski definition) is 1. The van der Waals surface area contributed by atoms with Crippen LogP contribution in [0.15, 0.2) is 29.5 Å². The minimum absolute atomic E-state index is 0.290. The molecule has 2 aliphatic rings. The summed E-state index contributed by atoms with van der Waals surface area (Å²) >= 11 is 0. The zero-order valence-electron chi connectivity index (χ0n) is 19.0. The highest BCUT2D eigenvalue weighted by Crippen LogP contribution is 2.47. The van der Waals surface area contributed by atoms with E-state index in [1.54, 1.807) is 17.3 Å². The third-order valence-electron chi connectivity index (χ3n) is 6.00. The lowest BCUT2D eigenvalue weighted by atomic mass is 9.68. The van der Waals surface area contributed by atoms with Crippen molar-refractivity contribution < 1.29 is 9.53 Å². The first-order valence-corrected chi connectivity index (χ1v) is 11.1. The maximum atomic E-state index is 12.7. The van der Waals surface area contributed by atoms with Crippen LogP contribution < -0.4 is 5.32 Å². The summed E-state index contributed by atoms with van der Waals surface area (Å²) in [5.41, 5.74) is 1.03. The van der Waals surface area contributed by atoms with Gasteiger partial charge in [0.25, 0.3) is 0 Å². The number of hydrogen-bond acceptors (Lipinski definition) is 4. The standard InChI is InChI=1S/C23H37N5O2/c1-22(2,3)30-21(29)27(17-19-8-5-12-25-16-19)14-7-13-26-20(24-4)28-15-11-23(18-28)9-6-10-23/h5,8,12,16H,6-7,9-11,13-15,17-18H2,1-4H3,(H,24,26). The van der Waals surface area contributed by atoms with Crippen LogP contribution in [0.1, 0.15) is 58.4 Å². The molecule has 30 heavy (non-hydrogen) atoms. The van der Waals surface area contributed by atoms with Crippen molar-refractivity contribution in [3.8, 4) is 0 Å². The number of rotatable bonds is 6. The summed E-state index contributed by atoms with van der Waals surface area (Å²) in [5.74, 6) is 0.981. The fourth-order valence-corrected chi connectivity index (χ4v) is 4.28. The second kappa shape index (κ2) is 9.67. The molecule has 1 aliphatic carbocycles. The van der Waals surface area contributed by atoms with Crippen LogP contribution >= 0.6 is 0 Å². The first-order chi connectivity index (χ1) is 14.3. The average Bonchev–Trinajstić information content (AvgIpc) is 3.12. The molecule has 7 nitrogen and oxygen atoms in total. The van der Waals surface area contributed by atoms with Crippen LogP contribution in [0.5, 0.6) is 0 Å². The summed E-state index contributed by atoms with van der Waals surface area (Å²) in [7, 11) is 1.85. The second-order valence-corrected chi connectivity index (χ2v) is 9.62. The Labute approximate surface area is 180 Å². The van der Waals surface area contributed by atoms with Crippen molar-refractivity contribution in [3.05, 3.63) is 30.1 Å². The molecule has 0 radical (unpaired) electrons. The van der Waals surface area contributed by atoms with Gasteiger partial charge in [0.15, 0.2) is 5.96 Å². The molecule has 1 aliphatic heterocycles. The lowest BCUT2D eigenvalue weighted by molar-refractivity contribution is 0.0232. The molecule has 0 aromatic carbocycles. The fraction of sp³-hybridized carbons (Fsp3) is 0.696. The number of aliphatic imine (C=N–C) groups is 1. The van der Waals surface area contributed by atoms with E-state index in [2.05, 4.69) is 20.2 Å². The van der Waals surface area contributed by atoms with Gasteiger partial charge >= 0.3 is 6.09 Å². The van der Waals surface area contributed by atoms with Crippen LogP contribution in [0.25, 0.3) is 0 Å². The summed E-state index contributed by atoms with van der Waals surface area (Å²) in [5, 5.41) is 3.49. The lowest BCUT2D eigenvalue weighted by Gasteiger charge is -2.38. The van der Waals surface area contributed by atoms with E-state index in [0.717, 1.165) is 37.6 Å². The van der Waals surface area contributed by atoms with Crippen LogP contribution in [0.2, 0.25) is 0 Å². The second-order valence-electron chi connectivity index (χ2n) is 9.62. The highest BCUT2D eigenvalue weighted by molar-refractivity contribution is 5.80. The molecule has 0 atom stereocenters. The number of carbonyl (C=O) groups excluding carboxylic acids is 1. The highest BCUT2D eigenvalue weighted by Gasteiger charge is 2.43. The predicted molar refractivity (Wildman–Crippen MR) is 119 cm³/mol. The van der Waals surface area contributed by atoms with Crippen LogP contribution in [-0.4, -0.2) is 65.7 Å². The Morgan fingerprint density at radius 1 is 1.37 bits per heavy atom. The molecule has 1 spiro atoms. The van der Waals surface area contributed by atoms with Crippen molar-refractivity contribution in [3.63, 3.8) is 0 Å².